The Morgan fingerprint density at radius 2 is 2.13 bits per heavy atom. The highest BCUT2D eigenvalue weighted by Gasteiger charge is 2.46. The highest BCUT2D eigenvalue weighted by molar-refractivity contribution is 5.89. The zero-order chi connectivity index (χ0) is 10.7. The van der Waals surface area contributed by atoms with E-state index in [1.807, 2.05) is 6.92 Å². The molecule has 2 rings (SSSR count). The van der Waals surface area contributed by atoms with E-state index in [0.717, 1.165) is 25.7 Å². The van der Waals surface area contributed by atoms with Gasteiger partial charge in [0, 0.05) is 0 Å². The fourth-order valence-corrected chi connectivity index (χ4v) is 2.12. The van der Waals surface area contributed by atoms with Crippen molar-refractivity contribution in [3.05, 3.63) is 0 Å². The number of carbonyl (C=O) groups is 1. The molecule has 0 N–H and O–H groups in total. The molecular weight excluding hydrogens is 198 g/mol. The number of rotatable bonds is 1. The summed E-state index contributed by atoms with van der Waals surface area (Å²) in [5.41, 5.74) is -0.649. The lowest BCUT2D eigenvalue weighted by Crippen LogP contribution is -2.48. The van der Waals surface area contributed by atoms with Gasteiger partial charge in [0.05, 0.1) is 6.61 Å². The maximum absolute atomic E-state index is 11.1. The lowest BCUT2D eigenvalue weighted by atomic mass is 9.84. The maximum Gasteiger partial charge on any atom is 0.536 e. The van der Waals surface area contributed by atoms with Gasteiger partial charge in [-0.3, -0.25) is 4.84 Å². The van der Waals surface area contributed by atoms with Gasteiger partial charge in [0.1, 0.15) is 0 Å². The third kappa shape index (κ3) is 1.91. The topological polar surface area (TPSA) is 57.1 Å². The number of ether oxygens (including phenoxy) is 2. The van der Waals surface area contributed by atoms with Crippen molar-refractivity contribution < 1.29 is 19.1 Å². The first-order valence-electron chi connectivity index (χ1n) is 5.38. The SMILES string of the molecule is CCOC1=NOC(=O)OC12CCCCC2. The summed E-state index contributed by atoms with van der Waals surface area (Å²) in [6.07, 6.45) is 4.06. The largest absolute Gasteiger partial charge is 0.536 e. The van der Waals surface area contributed by atoms with Gasteiger partial charge in [0.2, 0.25) is 0 Å². The molecule has 2 aliphatic rings. The van der Waals surface area contributed by atoms with Crippen LogP contribution in [0.1, 0.15) is 39.0 Å². The second kappa shape index (κ2) is 4.08. The molecule has 15 heavy (non-hydrogen) atoms. The smallest absolute Gasteiger partial charge is 0.476 e. The molecule has 1 heterocycles. The van der Waals surface area contributed by atoms with Crippen LogP contribution in [0, 0.1) is 0 Å². The molecule has 1 aliphatic carbocycles. The molecule has 1 aliphatic heterocycles. The Hall–Kier alpha value is -1.26. The van der Waals surface area contributed by atoms with Gasteiger partial charge in [-0.1, -0.05) is 6.42 Å². The van der Waals surface area contributed by atoms with Gasteiger partial charge in [-0.2, -0.15) is 0 Å². The highest BCUT2D eigenvalue weighted by atomic mass is 16.8. The van der Waals surface area contributed by atoms with Crippen LogP contribution < -0.4 is 0 Å². The van der Waals surface area contributed by atoms with Gasteiger partial charge < -0.3 is 9.47 Å². The molecule has 0 aromatic carbocycles. The number of nitrogens with zero attached hydrogens (tertiary/aromatic N) is 1. The van der Waals surface area contributed by atoms with Crippen LogP contribution in [-0.4, -0.2) is 24.3 Å². The van der Waals surface area contributed by atoms with Crippen molar-refractivity contribution in [2.24, 2.45) is 5.16 Å². The first-order chi connectivity index (χ1) is 7.27. The van der Waals surface area contributed by atoms with Crippen molar-refractivity contribution in [1.29, 1.82) is 0 Å². The summed E-state index contributed by atoms with van der Waals surface area (Å²) in [6, 6.07) is 0. The molecule has 1 fully saturated rings. The Labute approximate surface area is 88.4 Å². The molecule has 0 unspecified atom stereocenters. The van der Waals surface area contributed by atoms with Gasteiger partial charge >= 0.3 is 6.16 Å². The van der Waals surface area contributed by atoms with Crippen LogP contribution in [0.3, 0.4) is 0 Å². The van der Waals surface area contributed by atoms with Crippen molar-refractivity contribution >= 4 is 12.1 Å². The fraction of sp³-hybridized carbons (Fsp3) is 0.800. The molecule has 0 aromatic rings. The Kier molecular flexibility index (Phi) is 2.79. The van der Waals surface area contributed by atoms with Crippen LogP contribution in [-0.2, 0) is 14.3 Å². The fourth-order valence-electron chi connectivity index (χ4n) is 2.12. The number of hydrogen-bond acceptors (Lipinski definition) is 5. The van der Waals surface area contributed by atoms with Crippen LogP contribution in [0.25, 0.3) is 0 Å². The molecule has 5 nitrogen and oxygen atoms in total. The van der Waals surface area contributed by atoms with Crippen molar-refractivity contribution in [3.63, 3.8) is 0 Å². The third-order valence-corrected chi connectivity index (χ3v) is 2.81. The van der Waals surface area contributed by atoms with Crippen molar-refractivity contribution in [1.82, 2.24) is 0 Å². The van der Waals surface area contributed by atoms with E-state index in [2.05, 4.69) is 9.99 Å². The zero-order valence-electron chi connectivity index (χ0n) is 8.82. The molecule has 84 valence electrons. The maximum atomic E-state index is 11.1. The second-order valence-corrected chi connectivity index (χ2v) is 3.83. The van der Waals surface area contributed by atoms with Crippen LogP contribution in [0.4, 0.5) is 4.79 Å². The summed E-state index contributed by atoms with van der Waals surface area (Å²) in [5.74, 6) is 0.421. The minimum absolute atomic E-state index is 0.421. The van der Waals surface area contributed by atoms with Crippen molar-refractivity contribution in [3.8, 4) is 0 Å². The van der Waals surface area contributed by atoms with Gasteiger partial charge in [-0.05, 0) is 37.8 Å². The van der Waals surface area contributed by atoms with E-state index >= 15 is 0 Å². The van der Waals surface area contributed by atoms with Gasteiger partial charge in [0.15, 0.2) is 5.60 Å². The van der Waals surface area contributed by atoms with Gasteiger partial charge in [-0.15, -0.1) is 0 Å². The first-order valence-corrected chi connectivity index (χ1v) is 5.38. The molecule has 0 radical (unpaired) electrons. The Morgan fingerprint density at radius 1 is 1.40 bits per heavy atom. The van der Waals surface area contributed by atoms with E-state index in [-0.39, 0.29) is 0 Å². The molecule has 1 saturated carbocycles. The standard InChI is InChI=1S/C10H15NO4/c1-2-13-8-10(6-4-3-5-7-10)14-9(12)15-11-8/h2-7H2,1H3. The summed E-state index contributed by atoms with van der Waals surface area (Å²) < 4.78 is 10.6. The normalized spacial score (nSPS) is 24.1. The zero-order valence-corrected chi connectivity index (χ0v) is 8.82. The van der Waals surface area contributed by atoms with Crippen molar-refractivity contribution in [2.75, 3.05) is 6.61 Å². The van der Waals surface area contributed by atoms with Crippen LogP contribution in [0.2, 0.25) is 0 Å². The quantitative estimate of drug-likeness (QED) is 0.495. The molecule has 0 bridgehead atoms. The van der Waals surface area contributed by atoms with Gasteiger partial charge in [0.25, 0.3) is 5.90 Å². The van der Waals surface area contributed by atoms with E-state index in [4.69, 9.17) is 9.47 Å². The number of oxime groups is 1. The highest BCUT2D eigenvalue weighted by Crippen LogP contribution is 2.35. The third-order valence-electron chi connectivity index (χ3n) is 2.81. The Morgan fingerprint density at radius 3 is 2.80 bits per heavy atom. The van der Waals surface area contributed by atoms with Crippen LogP contribution >= 0.6 is 0 Å². The Bertz CT molecular complexity index is 281. The van der Waals surface area contributed by atoms with E-state index < -0.39 is 11.8 Å². The second-order valence-electron chi connectivity index (χ2n) is 3.83. The number of hydrogen-bond donors (Lipinski definition) is 0. The molecule has 0 aromatic heterocycles. The van der Waals surface area contributed by atoms with E-state index in [0.29, 0.717) is 12.5 Å². The average Bonchev–Trinajstić information content (AvgIpc) is 2.24. The lowest BCUT2D eigenvalue weighted by molar-refractivity contribution is -0.0510. The predicted molar refractivity (Wildman–Crippen MR) is 52.4 cm³/mol. The molecule has 0 saturated heterocycles. The summed E-state index contributed by atoms with van der Waals surface area (Å²) in [4.78, 5) is 15.6. The minimum atomic E-state index is -0.722. The summed E-state index contributed by atoms with van der Waals surface area (Å²) in [6.45, 7) is 2.37. The van der Waals surface area contributed by atoms with E-state index in [1.165, 1.54) is 6.42 Å². The first kappa shape index (κ1) is 10.3. The summed E-state index contributed by atoms with van der Waals surface area (Å²) in [7, 11) is 0. The minimum Gasteiger partial charge on any atom is -0.476 e. The molecule has 0 amide bonds. The van der Waals surface area contributed by atoms with E-state index in [9.17, 15) is 4.79 Å². The van der Waals surface area contributed by atoms with Gasteiger partial charge in [-0.25, -0.2) is 4.79 Å². The van der Waals surface area contributed by atoms with Crippen LogP contribution in [0.5, 0.6) is 0 Å². The molecule has 1 spiro atoms. The summed E-state index contributed by atoms with van der Waals surface area (Å²) >= 11 is 0. The van der Waals surface area contributed by atoms with Crippen LogP contribution in [0.15, 0.2) is 5.16 Å². The van der Waals surface area contributed by atoms with E-state index in [1.54, 1.807) is 0 Å². The molecular formula is C10H15NO4. The van der Waals surface area contributed by atoms with Crippen molar-refractivity contribution in [2.45, 2.75) is 44.6 Å². The molecule has 0 atom stereocenters. The predicted octanol–water partition coefficient (Wildman–Crippen LogP) is 2.21. The Balaban J connectivity index is 2.20. The lowest BCUT2D eigenvalue weighted by Gasteiger charge is -2.37. The number of carbonyl (C=O) groups excluding carboxylic acids is 1. The monoisotopic (exact) mass is 213 g/mol. The average molecular weight is 213 g/mol. The molecule has 5 heteroatoms. The summed E-state index contributed by atoms with van der Waals surface area (Å²) in [5, 5.41) is 3.70.